The van der Waals surface area contributed by atoms with E-state index in [0.29, 0.717) is 43.6 Å². The Morgan fingerprint density at radius 3 is 2.58 bits per heavy atom. The van der Waals surface area contributed by atoms with Crippen molar-refractivity contribution < 1.29 is 14.5 Å². The van der Waals surface area contributed by atoms with Gasteiger partial charge in [-0.1, -0.05) is 17.7 Å². The van der Waals surface area contributed by atoms with Crippen molar-refractivity contribution in [2.75, 3.05) is 42.5 Å². The number of carbonyl (C=O) groups is 2. The quantitative estimate of drug-likeness (QED) is 0.532. The van der Waals surface area contributed by atoms with Crippen LogP contribution in [-0.2, 0) is 9.59 Å². The van der Waals surface area contributed by atoms with E-state index in [9.17, 15) is 19.7 Å². The summed E-state index contributed by atoms with van der Waals surface area (Å²) in [6.07, 6.45) is 1.43. The summed E-state index contributed by atoms with van der Waals surface area (Å²) in [4.78, 5) is 45.5. The number of pyridine rings is 1. The van der Waals surface area contributed by atoms with E-state index in [-0.39, 0.29) is 29.8 Å². The zero-order chi connectivity index (χ0) is 22.1. The van der Waals surface area contributed by atoms with Crippen LogP contribution in [0.2, 0.25) is 5.02 Å². The molecule has 10 heteroatoms. The van der Waals surface area contributed by atoms with E-state index in [0.717, 1.165) is 11.3 Å². The fourth-order valence-electron chi connectivity index (χ4n) is 4.07. The van der Waals surface area contributed by atoms with Crippen LogP contribution in [0.25, 0.3) is 0 Å². The average molecular weight is 444 g/mol. The van der Waals surface area contributed by atoms with Gasteiger partial charge in [-0.15, -0.1) is 0 Å². The van der Waals surface area contributed by atoms with Gasteiger partial charge in [0.25, 0.3) is 5.69 Å². The van der Waals surface area contributed by atoms with Crippen molar-refractivity contribution in [1.29, 1.82) is 0 Å². The third kappa shape index (κ3) is 4.32. The molecule has 0 saturated carbocycles. The Morgan fingerprint density at radius 2 is 1.94 bits per heavy atom. The van der Waals surface area contributed by atoms with Crippen molar-refractivity contribution in [3.8, 4) is 0 Å². The molecule has 31 heavy (non-hydrogen) atoms. The molecule has 2 aliphatic rings. The van der Waals surface area contributed by atoms with Crippen LogP contribution in [0.1, 0.15) is 12.0 Å². The van der Waals surface area contributed by atoms with Crippen LogP contribution in [0.4, 0.5) is 17.2 Å². The van der Waals surface area contributed by atoms with Gasteiger partial charge in [-0.3, -0.25) is 19.7 Å². The third-order valence-corrected chi connectivity index (χ3v) is 6.03. The van der Waals surface area contributed by atoms with Crippen LogP contribution in [0.15, 0.2) is 36.5 Å². The van der Waals surface area contributed by atoms with Gasteiger partial charge in [-0.2, -0.15) is 0 Å². The number of aryl methyl sites for hydroxylation is 1. The van der Waals surface area contributed by atoms with Gasteiger partial charge in [0.15, 0.2) is 0 Å². The van der Waals surface area contributed by atoms with Gasteiger partial charge in [-0.05, 0) is 30.7 Å². The van der Waals surface area contributed by atoms with Gasteiger partial charge in [0.2, 0.25) is 11.8 Å². The van der Waals surface area contributed by atoms with Crippen molar-refractivity contribution in [1.82, 2.24) is 9.88 Å². The maximum Gasteiger partial charge on any atom is 0.287 e. The first-order chi connectivity index (χ1) is 14.8. The fourth-order valence-corrected chi connectivity index (χ4v) is 4.23. The largest absolute Gasteiger partial charge is 0.353 e. The summed E-state index contributed by atoms with van der Waals surface area (Å²) < 4.78 is 0. The summed E-state index contributed by atoms with van der Waals surface area (Å²) >= 11 is 6.10. The first-order valence-electron chi connectivity index (χ1n) is 10.0. The lowest BCUT2D eigenvalue weighted by atomic mass is 10.1. The molecule has 0 N–H and O–H groups in total. The second kappa shape index (κ2) is 8.50. The Labute approximate surface area is 184 Å². The molecule has 0 radical (unpaired) electrons. The third-order valence-electron chi connectivity index (χ3n) is 5.79. The van der Waals surface area contributed by atoms with Crippen molar-refractivity contribution in [2.24, 2.45) is 5.92 Å². The number of hydrogen-bond acceptors (Lipinski definition) is 6. The minimum atomic E-state index is -0.482. The summed E-state index contributed by atoms with van der Waals surface area (Å²) in [6.45, 7) is 4.45. The molecule has 1 aromatic heterocycles. The number of nitrogens with zero attached hydrogens (tertiary/aromatic N) is 5. The van der Waals surface area contributed by atoms with E-state index in [1.54, 1.807) is 28.0 Å². The normalized spacial score (nSPS) is 19.1. The number of amides is 2. The molecule has 3 heterocycles. The monoisotopic (exact) mass is 443 g/mol. The van der Waals surface area contributed by atoms with Crippen LogP contribution < -0.4 is 9.80 Å². The lowest BCUT2D eigenvalue weighted by Gasteiger charge is -2.36. The summed E-state index contributed by atoms with van der Waals surface area (Å²) in [5.41, 5.74) is 1.64. The standard InChI is InChI=1S/C21H22ClN5O4/c1-14-2-3-16(22)11-18(14)26-13-15(10-20(26)28)21(29)25-8-6-24(7-9-25)19-5-4-17(12-23-19)27(30)31/h2-5,11-12,15H,6-10,13H2,1H3. The Bertz CT molecular complexity index is 1020. The molecule has 2 aromatic rings. The molecule has 4 rings (SSSR count). The van der Waals surface area contributed by atoms with Crippen LogP contribution in [-0.4, -0.2) is 59.3 Å². The lowest BCUT2D eigenvalue weighted by Crippen LogP contribution is -2.51. The highest BCUT2D eigenvalue weighted by Gasteiger charge is 2.38. The van der Waals surface area contributed by atoms with Gasteiger partial charge in [0.05, 0.1) is 10.8 Å². The maximum atomic E-state index is 13.0. The molecule has 2 aliphatic heterocycles. The summed E-state index contributed by atoms with van der Waals surface area (Å²) in [5, 5.41) is 11.3. The molecule has 0 aliphatic carbocycles. The average Bonchev–Trinajstić information content (AvgIpc) is 3.16. The molecule has 0 spiro atoms. The number of anilines is 2. The molecular formula is C21H22ClN5O4. The first-order valence-corrected chi connectivity index (χ1v) is 10.4. The summed E-state index contributed by atoms with van der Waals surface area (Å²) in [5.74, 6) is 0.176. The fraction of sp³-hybridized carbons (Fsp3) is 0.381. The Morgan fingerprint density at radius 1 is 1.19 bits per heavy atom. The Hall–Kier alpha value is -3.20. The van der Waals surface area contributed by atoms with Gasteiger partial charge in [0, 0.05) is 55.9 Å². The van der Waals surface area contributed by atoms with E-state index >= 15 is 0 Å². The SMILES string of the molecule is Cc1ccc(Cl)cc1N1CC(C(=O)N2CCN(c3ccc([N+](=O)[O-])cn3)CC2)CC1=O. The number of benzene rings is 1. The maximum absolute atomic E-state index is 13.0. The predicted molar refractivity (Wildman–Crippen MR) is 116 cm³/mol. The second-order valence-corrected chi connectivity index (χ2v) is 8.22. The number of halogens is 1. The van der Waals surface area contributed by atoms with E-state index < -0.39 is 4.92 Å². The Kier molecular flexibility index (Phi) is 5.77. The summed E-state index contributed by atoms with van der Waals surface area (Å²) in [6, 6.07) is 8.46. The first kappa shape index (κ1) is 21.0. The predicted octanol–water partition coefficient (Wildman–Crippen LogP) is 2.65. The van der Waals surface area contributed by atoms with Gasteiger partial charge in [0.1, 0.15) is 12.0 Å². The van der Waals surface area contributed by atoms with Crippen molar-refractivity contribution >= 4 is 40.6 Å². The second-order valence-electron chi connectivity index (χ2n) is 7.78. The molecule has 162 valence electrons. The topological polar surface area (TPSA) is 99.9 Å². The van der Waals surface area contributed by atoms with Crippen LogP contribution in [0.3, 0.4) is 0 Å². The molecule has 1 aromatic carbocycles. The molecule has 1 unspecified atom stereocenters. The summed E-state index contributed by atoms with van der Waals surface area (Å²) in [7, 11) is 0. The zero-order valence-electron chi connectivity index (χ0n) is 17.0. The number of rotatable bonds is 4. The van der Waals surface area contributed by atoms with Gasteiger partial charge >= 0.3 is 0 Å². The van der Waals surface area contributed by atoms with E-state index in [4.69, 9.17) is 11.6 Å². The minimum absolute atomic E-state index is 0.0214. The van der Waals surface area contributed by atoms with E-state index in [2.05, 4.69) is 4.98 Å². The molecular weight excluding hydrogens is 422 g/mol. The number of aromatic nitrogens is 1. The van der Waals surface area contributed by atoms with E-state index in [1.807, 2.05) is 17.9 Å². The Balaban J connectivity index is 1.37. The van der Waals surface area contributed by atoms with E-state index in [1.165, 1.54) is 12.3 Å². The molecule has 2 saturated heterocycles. The van der Waals surface area contributed by atoms with Crippen molar-refractivity contribution in [3.05, 3.63) is 57.2 Å². The lowest BCUT2D eigenvalue weighted by molar-refractivity contribution is -0.385. The van der Waals surface area contributed by atoms with Crippen LogP contribution in [0.5, 0.6) is 0 Å². The highest BCUT2D eigenvalue weighted by Crippen LogP contribution is 2.31. The number of hydrogen-bond donors (Lipinski definition) is 0. The minimum Gasteiger partial charge on any atom is -0.353 e. The van der Waals surface area contributed by atoms with Gasteiger partial charge in [-0.25, -0.2) is 4.98 Å². The molecule has 2 amide bonds. The number of nitro groups is 1. The van der Waals surface area contributed by atoms with Crippen LogP contribution in [0, 0.1) is 23.0 Å². The molecule has 1 atom stereocenters. The van der Waals surface area contributed by atoms with Crippen LogP contribution >= 0.6 is 11.6 Å². The molecule has 2 fully saturated rings. The van der Waals surface area contributed by atoms with Crippen molar-refractivity contribution in [3.63, 3.8) is 0 Å². The highest BCUT2D eigenvalue weighted by molar-refractivity contribution is 6.31. The zero-order valence-corrected chi connectivity index (χ0v) is 17.8. The molecule has 9 nitrogen and oxygen atoms in total. The van der Waals surface area contributed by atoms with Crippen molar-refractivity contribution in [2.45, 2.75) is 13.3 Å². The molecule has 0 bridgehead atoms. The highest BCUT2D eigenvalue weighted by atomic mass is 35.5. The van der Waals surface area contributed by atoms with Gasteiger partial charge < -0.3 is 14.7 Å². The number of carbonyl (C=O) groups excluding carboxylic acids is 2. The smallest absolute Gasteiger partial charge is 0.287 e. The number of piperazine rings is 1.